The molecule has 6 nitrogen and oxygen atoms in total. The molecule has 0 aromatic heterocycles. The maximum atomic E-state index is 12.7. The minimum atomic E-state index is -0.487. The minimum Gasteiger partial charge on any atom is -0.394 e. The highest BCUT2D eigenvalue weighted by atomic mass is 16.5. The lowest BCUT2D eigenvalue weighted by molar-refractivity contribution is -0.152. The summed E-state index contributed by atoms with van der Waals surface area (Å²) in [6.45, 7) is 9.22. The Kier molecular flexibility index (Phi) is 4.78. The Labute approximate surface area is 114 Å². The molecule has 6 heteroatoms. The number of ether oxygens (including phenoxy) is 1. The number of carbonyl (C=O) groups excluding carboxylic acids is 1. The van der Waals surface area contributed by atoms with Crippen LogP contribution in [0.1, 0.15) is 13.8 Å². The number of amides is 1. The van der Waals surface area contributed by atoms with E-state index in [-0.39, 0.29) is 18.6 Å². The van der Waals surface area contributed by atoms with Crippen LogP contribution in [0.4, 0.5) is 0 Å². The second-order valence-corrected chi connectivity index (χ2v) is 5.72. The van der Waals surface area contributed by atoms with Gasteiger partial charge in [0.05, 0.1) is 24.9 Å². The van der Waals surface area contributed by atoms with E-state index in [0.717, 1.165) is 26.2 Å². The predicted molar refractivity (Wildman–Crippen MR) is 71.9 cm³/mol. The van der Waals surface area contributed by atoms with Crippen LogP contribution < -0.4 is 5.32 Å². The molecule has 0 aromatic carbocycles. The number of hydrogen-bond acceptors (Lipinski definition) is 5. The quantitative estimate of drug-likeness (QED) is 0.681. The summed E-state index contributed by atoms with van der Waals surface area (Å²) in [6.07, 6.45) is -0.239. The predicted octanol–water partition coefficient (Wildman–Crippen LogP) is -1.11. The third kappa shape index (κ3) is 3.25. The molecule has 1 unspecified atom stereocenters. The van der Waals surface area contributed by atoms with E-state index in [1.165, 1.54) is 0 Å². The molecular formula is C13H25N3O3. The average molecular weight is 271 g/mol. The monoisotopic (exact) mass is 271 g/mol. The van der Waals surface area contributed by atoms with Crippen molar-refractivity contribution in [3.63, 3.8) is 0 Å². The van der Waals surface area contributed by atoms with Gasteiger partial charge < -0.3 is 20.1 Å². The van der Waals surface area contributed by atoms with E-state index in [9.17, 15) is 4.79 Å². The van der Waals surface area contributed by atoms with Crippen molar-refractivity contribution in [3.8, 4) is 0 Å². The fourth-order valence-corrected chi connectivity index (χ4v) is 2.76. The molecule has 1 amide bonds. The molecule has 2 rings (SSSR count). The summed E-state index contributed by atoms with van der Waals surface area (Å²) in [4.78, 5) is 16.8. The van der Waals surface area contributed by atoms with E-state index in [2.05, 4.69) is 10.2 Å². The molecule has 1 atom stereocenters. The summed E-state index contributed by atoms with van der Waals surface area (Å²) in [5.41, 5.74) is -0.487. The van der Waals surface area contributed by atoms with E-state index in [4.69, 9.17) is 9.84 Å². The molecule has 2 fully saturated rings. The molecule has 0 spiro atoms. The number of nitrogens with one attached hydrogen (secondary N) is 1. The Morgan fingerprint density at radius 2 is 2.05 bits per heavy atom. The number of hydrogen-bond donors (Lipinski definition) is 2. The van der Waals surface area contributed by atoms with Crippen molar-refractivity contribution in [3.05, 3.63) is 0 Å². The van der Waals surface area contributed by atoms with Crippen LogP contribution >= 0.6 is 0 Å². The van der Waals surface area contributed by atoms with Gasteiger partial charge in [-0.05, 0) is 13.8 Å². The maximum Gasteiger partial charge on any atom is 0.242 e. The zero-order valence-electron chi connectivity index (χ0n) is 11.9. The van der Waals surface area contributed by atoms with Gasteiger partial charge in [-0.3, -0.25) is 9.69 Å². The summed E-state index contributed by atoms with van der Waals surface area (Å²) in [7, 11) is 0. The summed E-state index contributed by atoms with van der Waals surface area (Å²) < 4.78 is 5.40. The van der Waals surface area contributed by atoms with Gasteiger partial charge in [0.15, 0.2) is 0 Å². The molecule has 19 heavy (non-hydrogen) atoms. The van der Waals surface area contributed by atoms with Crippen LogP contribution in [0.25, 0.3) is 0 Å². The van der Waals surface area contributed by atoms with Gasteiger partial charge in [0.1, 0.15) is 0 Å². The van der Waals surface area contributed by atoms with Crippen molar-refractivity contribution in [2.75, 3.05) is 52.5 Å². The third-order valence-electron chi connectivity index (χ3n) is 4.06. The molecule has 2 saturated heterocycles. The van der Waals surface area contributed by atoms with Gasteiger partial charge in [-0.2, -0.15) is 0 Å². The highest BCUT2D eigenvalue weighted by molar-refractivity contribution is 5.85. The van der Waals surface area contributed by atoms with Crippen molar-refractivity contribution in [2.24, 2.45) is 0 Å². The highest BCUT2D eigenvalue weighted by Gasteiger charge is 2.39. The largest absolute Gasteiger partial charge is 0.394 e. The van der Waals surface area contributed by atoms with Gasteiger partial charge in [-0.25, -0.2) is 0 Å². The Hall–Kier alpha value is -0.690. The van der Waals surface area contributed by atoms with E-state index in [0.29, 0.717) is 19.7 Å². The number of aliphatic hydroxyl groups is 1. The van der Waals surface area contributed by atoms with Crippen molar-refractivity contribution < 1.29 is 14.6 Å². The minimum absolute atomic E-state index is 0.0299. The first-order chi connectivity index (χ1) is 9.05. The standard InChI is InChI=1S/C13H25N3O3/c1-13(2,16-5-3-14-4-6-16)12(18)15-7-8-19-11(9-15)10-17/h11,14,17H,3-10H2,1-2H3. The summed E-state index contributed by atoms with van der Waals surface area (Å²) in [5.74, 6) is 0.135. The summed E-state index contributed by atoms with van der Waals surface area (Å²) >= 11 is 0. The zero-order valence-corrected chi connectivity index (χ0v) is 11.9. The Morgan fingerprint density at radius 3 is 2.68 bits per heavy atom. The maximum absolute atomic E-state index is 12.7. The van der Waals surface area contributed by atoms with E-state index >= 15 is 0 Å². The molecular weight excluding hydrogens is 246 g/mol. The number of carbonyl (C=O) groups is 1. The van der Waals surface area contributed by atoms with Gasteiger partial charge in [0.25, 0.3) is 0 Å². The van der Waals surface area contributed by atoms with Crippen LogP contribution in [-0.2, 0) is 9.53 Å². The molecule has 2 heterocycles. The van der Waals surface area contributed by atoms with Crippen molar-refractivity contribution in [1.29, 1.82) is 0 Å². The number of nitrogens with zero attached hydrogens (tertiary/aromatic N) is 2. The molecule has 0 aliphatic carbocycles. The highest BCUT2D eigenvalue weighted by Crippen LogP contribution is 2.20. The summed E-state index contributed by atoms with van der Waals surface area (Å²) in [5, 5.41) is 12.5. The van der Waals surface area contributed by atoms with Crippen LogP contribution in [0.3, 0.4) is 0 Å². The van der Waals surface area contributed by atoms with E-state index < -0.39 is 5.54 Å². The second kappa shape index (κ2) is 6.17. The van der Waals surface area contributed by atoms with E-state index in [1.54, 1.807) is 0 Å². The smallest absolute Gasteiger partial charge is 0.242 e. The Balaban J connectivity index is 2.00. The van der Waals surface area contributed by atoms with Crippen LogP contribution in [-0.4, -0.2) is 84.9 Å². The topological polar surface area (TPSA) is 65.0 Å². The van der Waals surface area contributed by atoms with Crippen LogP contribution in [0.15, 0.2) is 0 Å². The normalized spacial score (nSPS) is 26.5. The second-order valence-electron chi connectivity index (χ2n) is 5.72. The Morgan fingerprint density at radius 1 is 1.37 bits per heavy atom. The average Bonchev–Trinajstić information content (AvgIpc) is 2.47. The van der Waals surface area contributed by atoms with Gasteiger partial charge >= 0.3 is 0 Å². The lowest BCUT2D eigenvalue weighted by atomic mass is 9.99. The molecule has 0 radical (unpaired) electrons. The first-order valence-electron chi connectivity index (χ1n) is 7.03. The molecule has 0 aromatic rings. The van der Waals surface area contributed by atoms with Crippen LogP contribution in [0.5, 0.6) is 0 Å². The number of aliphatic hydroxyl groups excluding tert-OH is 1. The number of rotatable bonds is 3. The molecule has 2 aliphatic rings. The lowest BCUT2D eigenvalue weighted by Gasteiger charge is -2.44. The van der Waals surface area contributed by atoms with Gasteiger partial charge in [-0.1, -0.05) is 0 Å². The lowest BCUT2D eigenvalue weighted by Crippen LogP contribution is -2.62. The number of piperazine rings is 1. The van der Waals surface area contributed by atoms with Crippen LogP contribution in [0, 0.1) is 0 Å². The first kappa shape index (κ1) is 14.7. The van der Waals surface area contributed by atoms with Gasteiger partial charge in [0.2, 0.25) is 5.91 Å². The third-order valence-corrected chi connectivity index (χ3v) is 4.06. The van der Waals surface area contributed by atoms with Crippen molar-refractivity contribution in [1.82, 2.24) is 15.1 Å². The molecule has 0 bridgehead atoms. The van der Waals surface area contributed by atoms with E-state index in [1.807, 2.05) is 18.7 Å². The molecule has 2 aliphatic heterocycles. The zero-order chi connectivity index (χ0) is 13.9. The van der Waals surface area contributed by atoms with Gasteiger partial charge in [-0.15, -0.1) is 0 Å². The molecule has 2 N–H and O–H groups in total. The fraction of sp³-hybridized carbons (Fsp3) is 0.923. The Bertz CT molecular complexity index is 316. The first-order valence-corrected chi connectivity index (χ1v) is 7.03. The van der Waals surface area contributed by atoms with Crippen molar-refractivity contribution in [2.45, 2.75) is 25.5 Å². The molecule has 0 saturated carbocycles. The van der Waals surface area contributed by atoms with Crippen LogP contribution in [0.2, 0.25) is 0 Å². The van der Waals surface area contributed by atoms with Gasteiger partial charge in [0, 0.05) is 39.3 Å². The fourth-order valence-electron chi connectivity index (χ4n) is 2.76. The molecule has 110 valence electrons. The SMILES string of the molecule is CC(C)(C(=O)N1CCOC(CO)C1)N1CCNCC1. The number of morpholine rings is 1. The van der Waals surface area contributed by atoms with Crippen molar-refractivity contribution >= 4 is 5.91 Å². The summed E-state index contributed by atoms with van der Waals surface area (Å²) in [6, 6.07) is 0.